The average molecular weight is 293 g/mol. The quantitative estimate of drug-likeness (QED) is 0.687. The monoisotopic (exact) mass is 293 g/mol. The van der Waals surface area contributed by atoms with Crippen LogP contribution in [0.25, 0.3) is 0 Å². The maximum Gasteiger partial charge on any atom is 0.319 e. The molecule has 0 spiro atoms. The lowest BCUT2D eigenvalue weighted by molar-refractivity contribution is -0.120. The third-order valence-electron chi connectivity index (χ3n) is 2.58. The molecule has 0 aliphatic heterocycles. The Balaban J connectivity index is 2.45. The van der Waals surface area contributed by atoms with Crippen LogP contribution in [0.15, 0.2) is 24.3 Å². The van der Waals surface area contributed by atoms with E-state index in [4.69, 9.17) is 4.74 Å². The first-order valence-electron chi connectivity index (χ1n) is 7.20. The number of para-hydroxylation sites is 2. The fourth-order valence-electron chi connectivity index (χ4n) is 1.56. The number of nitrogens with one attached hydrogen (secondary N) is 3. The van der Waals surface area contributed by atoms with E-state index < -0.39 is 6.03 Å². The summed E-state index contributed by atoms with van der Waals surface area (Å²) in [5.41, 5.74) is 0.581. The molecule has 6 nitrogen and oxygen atoms in total. The summed E-state index contributed by atoms with van der Waals surface area (Å²) in [6, 6.07) is 6.75. The lowest BCUT2D eigenvalue weighted by Crippen LogP contribution is -2.39. The van der Waals surface area contributed by atoms with Crippen molar-refractivity contribution in [2.45, 2.75) is 26.7 Å². The molecular weight excluding hydrogens is 270 g/mol. The van der Waals surface area contributed by atoms with Crippen LogP contribution < -0.4 is 20.7 Å². The van der Waals surface area contributed by atoms with Crippen molar-refractivity contribution in [3.8, 4) is 5.75 Å². The van der Waals surface area contributed by atoms with Crippen LogP contribution in [0.2, 0.25) is 0 Å². The third-order valence-corrected chi connectivity index (χ3v) is 2.58. The van der Waals surface area contributed by atoms with Crippen LogP contribution in [-0.2, 0) is 4.79 Å². The van der Waals surface area contributed by atoms with Crippen molar-refractivity contribution in [3.05, 3.63) is 24.3 Å². The molecule has 0 atom stereocenters. The number of hydrogen-bond acceptors (Lipinski definition) is 3. The molecule has 0 unspecified atom stereocenters. The molecule has 0 fully saturated rings. The van der Waals surface area contributed by atoms with Gasteiger partial charge >= 0.3 is 6.03 Å². The fraction of sp³-hybridized carbons (Fsp3) is 0.467. The standard InChI is InChI=1S/C15H23N3O3/c1-3-9-16-14(19)11-17-15(20)18-12-7-5-6-8-13(12)21-10-4-2/h5-8H,3-4,9-11H2,1-2H3,(H,16,19)(H2,17,18,20). The van der Waals surface area contributed by atoms with Crippen molar-refractivity contribution in [2.75, 3.05) is 25.0 Å². The zero-order chi connectivity index (χ0) is 15.5. The highest BCUT2D eigenvalue weighted by Gasteiger charge is 2.08. The largest absolute Gasteiger partial charge is 0.491 e. The van der Waals surface area contributed by atoms with Crippen LogP contribution in [0.4, 0.5) is 10.5 Å². The summed E-state index contributed by atoms with van der Waals surface area (Å²) in [5.74, 6) is 0.410. The molecule has 0 heterocycles. The second kappa shape index (κ2) is 9.63. The SMILES string of the molecule is CCCNC(=O)CNC(=O)Nc1ccccc1OCCC. The maximum absolute atomic E-state index is 11.8. The number of rotatable bonds is 8. The summed E-state index contributed by atoms with van der Waals surface area (Å²) in [6.45, 7) is 5.12. The Bertz CT molecular complexity index is 463. The van der Waals surface area contributed by atoms with Crippen LogP contribution in [0.1, 0.15) is 26.7 Å². The minimum absolute atomic E-state index is 0.0518. The van der Waals surface area contributed by atoms with Crippen LogP contribution in [0.5, 0.6) is 5.75 Å². The van der Waals surface area contributed by atoms with Gasteiger partial charge in [0.15, 0.2) is 0 Å². The van der Waals surface area contributed by atoms with Crippen LogP contribution in [0.3, 0.4) is 0 Å². The second-order valence-electron chi connectivity index (χ2n) is 4.50. The molecule has 1 aromatic carbocycles. The number of anilines is 1. The summed E-state index contributed by atoms with van der Waals surface area (Å²) in [4.78, 5) is 23.1. The van der Waals surface area contributed by atoms with Gasteiger partial charge in [0, 0.05) is 6.54 Å². The van der Waals surface area contributed by atoms with E-state index in [-0.39, 0.29) is 12.5 Å². The van der Waals surface area contributed by atoms with E-state index in [1.807, 2.05) is 26.0 Å². The molecule has 0 saturated carbocycles. The lowest BCUT2D eigenvalue weighted by Gasteiger charge is -2.12. The van der Waals surface area contributed by atoms with E-state index in [0.717, 1.165) is 12.8 Å². The number of carbonyl (C=O) groups excluding carboxylic acids is 2. The Labute approximate surface area is 125 Å². The van der Waals surface area contributed by atoms with Gasteiger partial charge in [0.1, 0.15) is 5.75 Å². The smallest absolute Gasteiger partial charge is 0.319 e. The first kappa shape index (κ1) is 16.8. The van der Waals surface area contributed by atoms with Gasteiger partial charge in [-0.1, -0.05) is 26.0 Å². The van der Waals surface area contributed by atoms with Crippen LogP contribution in [-0.4, -0.2) is 31.6 Å². The Morgan fingerprint density at radius 3 is 2.57 bits per heavy atom. The minimum Gasteiger partial charge on any atom is -0.491 e. The molecule has 21 heavy (non-hydrogen) atoms. The number of hydrogen-bond donors (Lipinski definition) is 3. The summed E-state index contributed by atoms with van der Waals surface area (Å²) in [6.07, 6.45) is 1.75. The van der Waals surface area contributed by atoms with Gasteiger partial charge in [-0.2, -0.15) is 0 Å². The van der Waals surface area contributed by atoms with Gasteiger partial charge in [-0.3, -0.25) is 4.79 Å². The van der Waals surface area contributed by atoms with Crippen LogP contribution >= 0.6 is 0 Å². The summed E-state index contributed by atoms with van der Waals surface area (Å²) in [5, 5.41) is 7.87. The van der Waals surface area contributed by atoms with Crippen molar-refractivity contribution < 1.29 is 14.3 Å². The maximum atomic E-state index is 11.8. The first-order valence-corrected chi connectivity index (χ1v) is 7.20. The second-order valence-corrected chi connectivity index (χ2v) is 4.50. The molecule has 0 aliphatic rings. The van der Waals surface area contributed by atoms with Crippen molar-refractivity contribution in [3.63, 3.8) is 0 Å². The van der Waals surface area contributed by atoms with Gasteiger partial charge in [-0.25, -0.2) is 4.79 Å². The summed E-state index contributed by atoms with van der Waals surface area (Å²) >= 11 is 0. The molecule has 0 aliphatic carbocycles. The molecule has 0 aromatic heterocycles. The van der Waals surface area contributed by atoms with E-state index >= 15 is 0 Å². The summed E-state index contributed by atoms with van der Waals surface area (Å²) in [7, 11) is 0. The van der Waals surface area contributed by atoms with Crippen LogP contribution in [0, 0.1) is 0 Å². The molecule has 1 rings (SSSR count). The number of ether oxygens (including phenoxy) is 1. The van der Waals surface area contributed by atoms with Gasteiger partial charge < -0.3 is 20.7 Å². The normalized spacial score (nSPS) is 9.81. The highest BCUT2D eigenvalue weighted by molar-refractivity contribution is 5.93. The zero-order valence-electron chi connectivity index (χ0n) is 12.6. The predicted octanol–water partition coefficient (Wildman–Crippen LogP) is 2.12. The lowest BCUT2D eigenvalue weighted by atomic mass is 10.3. The Morgan fingerprint density at radius 1 is 1.10 bits per heavy atom. The molecule has 0 bridgehead atoms. The van der Waals surface area contributed by atoms with Crippen molar-refractivity contribution >= 4 is 17.6 Å². The van der Waals surface area contributed by atoms with Gasteiger partial charge in [-0.15, -0.1) is 0 Å². The molecule has 3 N–H and O–H groups in total. The van der Waals surface area contributed by atoms with Gasteiger partial charge in [0.2, 0.25) is 5.91 Å². The molecular formula is C15H23N3O3. The molecule has 0 saturated heterocycles. The molecule has 1 aromatic rings. The van der Waals surface area contributed by atoms with E-state index in [2.05, 4.69) is 16.0 Å². The van der Waals surface area contributed by atoms with E-state index in [0.29, 0.717) is 24.6 Å². The number of carbonyl (C=O) groups is 2. The summed E-state index contributed by atoms with van der Waals surface area (Å²) < 4.78 is 5.54. The van der Waals surface area contributed by atoms with Crippen molar-refractivity contribution in [1.29, 1.82) is 0 Å². The average Bonchev–Trinajstić information content (AvgIpc) is 2.50. The first-order chi connectivity index (χ1) is 10.2. The molecule has 3 amide bonds. The minimum atomic E-state index is -0.436. The Kier molecular flexibility index (Phi) is 7.71. The third kappa shape index (κ3) is 6.65. The fourth-order valence-corrected chi connectivity index (χ4v) is 1.56. The van der Waals surface area contributed by atoms with Crippen molar-refractivity contribution in [1.82, 2.24) is 10.6 Å². The number of benzene rings is 1. The zero-order valence-corrected chi connectivity index (χ0v) is 12.6. The van der Waals surface area contributed by atoms with Gasteiger partial charge in [0.25, 0.3) is 0 Å². The van der Waals surface area contributed by atoms with Gasteiger partial charge in [-0.05, 0) is 25.0 Å². The topological polar surface area (TPSA) is 79.5 Å². The van der Waals surface area contributed by atoms with Gasteiger partial charge in [0.05, 0.1) is 18.8 Å². The molecule has 116 valence electrons. The highest BCUT2D eigenvalue weighted by atomic mass is 16.5. The molecule has 6 heteroatoms. The Hall–Kier alpha value is -2.24. The van der Waals surface area contributed by atoms with Crippen molar-refractivity contribution in [2.24, 2.45) is 0 Å². The number of urea groups is 1. The Morgan fingerprint density at radius 2 is 1.86 bits per heavy atom. The predicted molar refractivity (Wildman–Crippen MR) is 82.6 cm³/mol. The number of amides is 3. The van der Waals surface area contributed by atoms with E-state index in [1.54, 1.807) is 12.1 Å². The van der Waals surface area contributed by atoms with E-state index in [9.17, 15) is 9.59 Å². The highest BCUT2D eigenvalue weighted by Crippen LogP contribution is 2.23. The molecule has 0 radical (unpaired) electrons. The van der Waals surface area contributed by atoms with E-state index in [1.165, 1.54) is 0 Å².